The van der Waals surface area contributed by atoms with Crippen LogP contribution < -0.4 is 0 Å². The van der Waals surface area contributed by atoms with Gasteiger partial charge in [0.25, 0.3) is 0 Å². The Hall–Kier alpha value is -0.380. The van der Waals surface area contributed by atoms with Crippen molar-refractivity contribution in [2.75, 3.05) is 41.3 Å². The van der Waals surface area contributed by atoms with Gasteiger partial charge in [0, 0.05) is 0 Å². The van der Waals surface area contributed by atoms with Crippen LogP contribution in [-0.2, 0) is 13.1 Å². The first-order valence-corrected chi connectivity index (χ1v) is 15.3. The Morgan fingerprint density at radius 3 is 1.12 bits per heavy atom. The van der Waals surface area contributed by atoms with Crippen molar-refractivity contribution in [2.24, 2.45) is 0 Å². The molecule has 3 heteroatoms. The zero-order chi connectivity index (χ0) is 24.4. The molecule has 0 amide bonds. The highest BCUT2D eigenvalue weighted by molar-refractivity contribution is 7.11. The van der Waals surface area contributed by atoms with E-state index in [2.05, 4.69) is 65.5 Å². The van der Waals surface area contributed by atoms with E-state index in [9.17, 15) is 0 Å². The molecular weight excluding hydrogens is 420 g/mol. The van der Waals surface area contributed by atoms with Crippen LogP contribution in [0.2, 0.25) is 0 Å². The average molecular weight is 481 g/mol. The van der Waals surface area contributed by atoms with E-state index in [-0.39, 0.29) is 0 Å². The van der Waals surface area contributed by atoms with Crippen molar-refractivity contribution in [3.8, 4) is 0 Å². The maximum atomic E-state index is 2.42. The lowest BCUT2D eigenvalue weighted by Crippen LogP contribution is -2.39. The van der Waals surface area contributed by atoms with Gasteiger partial charge in [0.2, 0.25) is 0 Å². The van der Waals surface area contributed by atoms with E-state index in [0.717, 1.165) is 8.97 Å². The normalized spacial score (nSPS) is 12.5. The summed E-state index contributed by atoms with van der Waals surface area (Å²) in [5.41, 5.74) is 0. The monoisotopic (exact) mass is 480 g/mol. The molecule has 0 aliphatic heterocycles. The van der Waals surface area contributed by atoms with E-state index in [1.165, 1.54) is 129 Å². The van der Waals surface area contributed by atoms with Gasteiger partial charge in [-0.3, -0.25) is 0 Å². The standard InChI is InChI=1S/C30H60N2S/c1-7-9-11-13-15-17-19-21-25-31(3,4)27-29-23-24-30(33-29)28-32(5,6)26-22-20-18-16-14-12-10-8-2/h23-24H,7-22,25-28H2,1-6H3/q+2. The third-order valence-corrected chi connectivity index (χ3v) is 8.17. The molecule has 0 aliphatic rings. The van der Waals surface area contributed by atoms with Crippen molar-refractivity contribution in [3.05, 3.63) is 21.9 Å². The van der Waals surface area contributed by atoms with E-state index in [1.807, 2.05) is 0 Å². The van der Waals surface area contributed by atoms with E-state index >= 15 is 0 Å². The number of hydrogen-bond acceptors (Lipinski definition) is 1. The molecule has 0 spiro atoms. The molecule has 33 heavy (non-hydrogen) atoms. The van der Waals surface area contributed by atoms with Gasteiger partial charge < -0.3 is 8.97 Å². The second-order valence-corrected chi connectivity index (χ2v) is 13.2. The minimum Gasteiger partial charge on any atom is -0.324 e. The summed E-state index contributed by atoms with van der Waals surface area (Å²) in [6.45, 7) is 9.59. The summed E-state index contributed by atoms with van der Waals surface area (Å²) in [7, 11) is 9.68. The molecule has 0 aliphatic carbocycles. The van der Waals surface area contributed by atoms with Crippen molar-refractivity contribution in [2.45, 2.75) is 130 Å². The second kappa shape index (κ2) is 18.0. The third-order valence-electron chi connectivity index (χ3n) is 7.12. The van der Waals surface area contributed by atoms with E-state index in [4.69, 9.17) is 0 Å². The number of hydrogen-bond donors (Lipinski definition) is 0. The number of unbranched alkanes of at least 4 members (excludes halogenated alkanes) is 14. The van der Waals surface area contributed by atoms with Crippen molar-refractivity contribution < 1.29 is 8.97 Å². The van der Waals surface area contributed by atoms with Gasteiger partial charge in [0.1, 0.15) is 13.1 Å². The Labute approximate surface area is 212 Å². The van der Waals surface area contributed by atoms with E-state index in [1.54, 1.807) is 9.75 Å². The lowest BCUT2D eigenvalue weighted by molar-refractivity contribution is -0.903. The SMILES string of the molecule is CCCCCCCCCC[N+](C)(C)Cc1ccc(C[N+](C)(C)CCCCCCCCCC)s1. The van der Waals surface area contributed by atoms with Crippen LogP contribution in [0.5, 0.6) is 0 Å². The van der Waals surface area contributed by atoms with Crippen LogP contribution in [-0.4, -0.2) is 50.2 Å². The minimum absolute atomic E-state index is 1.13. The van der Waals surface area contributed by atoms with Gasteiger partial charge in [-0.1, -0.05) is 90.9 Å². The molecule has 0 N–H and O–H groups in total. The molecule has 1 rings (SSSR count). The second-order valence-electron chi connectivity index (χ2n) is 12.0. The number of thiophene rings is 1. The Bertz CT molecular complexity index is 527. The van der Waals surface area contributed by atoms with Gasteiger partial charge in [-0.05, 0) is 37.8 Å². The highest BCUT2D eigenvalue weighted by Gasteiger charge is 2.20. The maximum absolute atomic E-state index is 2.42. The molecule has 0 atom stereocenters. The fourth-order valence-corrected chi connectivity index (χ4v) is 6.38. The number of quaternary nitrogens is 2. The van der Waals surface area contributed by atoms with Gasteiger partial charge in [-0.15, -0.1) is 11.3 Å². The molecule has 0 saturated carbocycles. The third kappa shape index (κ3) is 16.8. The van der Waals surface area contributed by atoms with Crippen LogP contribution in [0, 0.1) is 0 Å². The maximum Gasteiger partial charge on any atom is 0.113 e. The molecule has 1 aromatic rings. The first-order chi connectivity index (χ1) is 15.8. The molecule has 0 unspecified atom stereocenters. The topological polar surface area (TPSA) is 0 Å². The smallest absolute Gasteiger partial charge is 0.113 e. The minimum atomic E-state index is 1.13. The molecule has 0 fully saturated rings. The van der Waals surface area contributed by atoms with Crippen LogP contribution in [0.15, 0.2) is 12.1 Å². The Morgan fingerprint density at radius 1 is 0.485 bits per heavy atom. The summed E-state index contributed by atoms with van der Waals surface area (Å²) >= 11 is 2.07. The molecule has 0 saturated heterocycles. The molecule has 0 bridgehead atoms. The lowest BCUT2D eigenvalue weighted by Gasteiger charge is -2.30. The van der Waals surface area contributed by atoms with Gasteiger partial charge in [0.15, 0.2) is 0 Å². The van der Waals surface area contributed by atoms with Crippen molar-refractivity contribution in [1.82, 2.24) is 0 Å². The molecule has 1 heterocycles. The summed E-state index contributed by atoms with van der Waals surface area (Å²) in [5, 5.41) is 0. The lowest BCUT2D eigenvalue weighted by atomic mass is 10.1. The molecule has 194 valence electrons. The largest absolute Gasteiger partial charge is 0.324 e. The highest BCUT2D eigenvalue weighted by Crippen LogP contribution is 2.24. The first-order valence-electron chi connectivity index (χ1n) is 14.5. The predicted molar refractivity (Wildman–Crippen MR) is 151 cm³/mol. The Kier molecular flexibility index (Phi) is 16.7. The highest BCUT2D eigenvalue weighted by atomic mass is 32.1. The van der Waals surface area contributed by atoms with Gasteiger partial charge in [-0.25, -0.2) is 0 Å². The zero-order valence-electron chi connectivity index (χ0n) is 23.6. The molecular formula is C30H60N2S+2. The Morgan fingerprint density at radius 2 is 0.788 bits per heavy atom. The summed E-state index contributed by atoms with van der Waals surface area (Å²) in [6.07, 6.45) is 22.6. The molecule has 0 aromatic carbocycles. The van der Waals surface area contributed by atoms with Gasteiger partial charge >= 0.3 is 0 Å². The number of nitrogens with zero attached hydrogens (tertiary/aromatic N) is 2. The van der Waals surface area contributed by atoms with E-state index in [0.29, 0.717) is 0 Å². The summed E-state index contributed by atoms with van der Waals surface area (Å²) in [5.74, 6) is 0. The van der Waals surface area contributed by atoms with Crippen molar-refractivity contribution in [3.63, 3.8) is 0 Å². The molecule has 2 nitrogen and oxygen atoms in total. The van der Waals surface area contributed by atoms with Crippen LogP contribution in [0.4, 0.5) is 0 Å². The predicted octanol–water partition coefficient (Wildman–Crippen LogP) is 9.18. The fraction of sp³-hybridized carbons (Fsp3) is 0.867. The van der Waals surface area contributed by atoms with E-state index < -0.39 is 0 Å². The number of rotatable bonds is 22. The van der Waals surface area contributed by atoms with Gasteiger partial charge in [0.05, 0.1) is 51.0 Å². The average Bonchev–Trinajstić information content (AvgIpc) is 3.17. The van der Waals surface area contributed by atoms with Crippen LogP contribution in [0.3, 0.4) is 0 Å². The van der Waals surface area contributed by atoms with Crippen LogP contribution in [0.1, 0.15) is 126 Å². The van der Waals surface area contributed by atoms with Crippen molar-refractivity contribution in [1.29, 1.82) is 0 Å². The van der Waals surface area contributed by atoms with Crippen molar-refractivity contribution >= 4 is 11.3 Å². The molecule has 0 radical (unpaired) electrons. The summed E-state index contributed by atoms with van der Waals surface area (Å²) in [4.78, 5) is 3.14. The first kappa shape index (κ1) is 30.7. The van der Waals surface area contributed by atoms with Crippen LogP contribution in [0.25, 0.3) is 0 Å². The zero-order valence-corrected chi connectivity index (χ0v) is 24.4. The Balaban J connectivity index is 2.23. The fourth-order valence-electron chi connectivity index (χ4n) is 4.94. The summed E-state index contributed by atoms with van der Waals surface area (Å²) < 4.78 is 2.26. The summed E-state index contributed by atoms with van der Waals surface area (Å²) in [6, 6.07) is 4.81. The quantitative estimate of drug-likeness (QED) is 0.115. The van der Waals surface area contributed by atoms with Gasteiger partial charge in [-0.2, -0.15) is 0 Å². The molecule has 1 aromatic heterocycles. The van der Waals surface area contributed by atoms with Crippen LogP contribution >= 0.6 is 11.3 Å².